The summed E-state index contributed by atoms with van der Waals surface area (Å²) in [6.07, 6.45) is 0.427. The Balaban J connectivity index is 0.00000451. The van der Waals surface area contributed by atoms with Crippen molar-refractivity contribution in [2.45, 2.75) is 13.3 Å². The minimum Gasteiger partial charge on any atom is -0.497 e. The Hall–Kier alpha value is -4.90. The average Bonchev–Trinajstić information content (AvgIpc) is 3.12. The second kappa shape index (κ2) is 15.8. The number of carbonyl (C=O) groups is 1. The fraction of sp³-hybridized carbons (Fsp3) is 0.150. The van der Waals surface area contributed by atoms with Gasteiger partial charge in [-0.1, -0.05) is 97.1 Å². The number of methoxy groups -OCH3 is 3. The highest BCUT2D eigenvalue weighted by Gasteiger charge is 2.25. The van der Waals surface area contributed by atoms with E-state index in [2.05, 4.69) is 84.9 Å². The molecular formula is C40H37ClNO5P. The van der Waals surface area contributed by atoms with E-state index in [1.807, 2.05) is 43.3 Å². The molecule has 1 aromatic heterocycles. The van der Waals surface area contributed by atoms with Crippen LogP contribution in [0.5, 0.6) is 17.2 Å². The lowest BCUT2D eigenvalue weighted by molar-refractivity contribution is 0.0526. The lowest BCUT2D eigenvalue weighted by Gasteiger charge is -2.20. The molecule has 0 amide bonds. The maximum absolute atomic E-state index is 13.8. The number of hydrogen-bond acceptors (Lipinski definition) is 6. The van der Waals surface area contributed by atoms with Gasteiger partial charge in [-0.2, -0.15) is 0 Å². The maximum atomic E-state index is 13.8. The fourth-order valence-electron chi connectivity index (χ4n) is 5.81. The van der Waals surface area contributed by atoms with E-state index in [4.69, 9.17) is 23.9 Å². The van der Waals surface area contributed by atoms with E-state index in [1.165, 1.54) is 15.9 Å². The summed E-state index contributed by atoms with van der Waals surface area (Å²) in [5.74, 6) is 1.40. The second-order valence-corrected chi connectivity index (χ2v) is 13.1. The highest BCUT2D eigenvalue weighted by Crippen LogP contribution is 2.40. The number of halogens is 1. The molecule has 0 unspecified atom stereocenters. The number of carbonyl (C=O) groups excluding carboxylic acids is 1. The molecular weight excluding hydrogens is 641 g/mol. The van der Waals surface area contributed by atoms with Crippen LogP contribution >= 0.6 is 20.3 Å². The number of hydrogen-bond donors (Lipinski definition) is 0. The van der Waals surface area contributed by atoms with E-state index in [-0.39, 0.29) is 19.0 Å². The molecule has 0 N–H and O–H groups in total. The van der Waals surface area contributed by atoms with Crippen molar-refractivity contribution < 1.29 is 23.7 Å². The molecule has 6 rings (SSSR count). The molecule has 0 radical (unpaired) electrons. The van der Waals surface area contributed by atoms with E-state index < -0.39 is 13.9 Å². The highest BCUT2D eigenvalue weighted by molar-refractivity contribution is 7.79. The summed E-state index contributed by atoms with van der Waals surface area (Å²) in [7, 11) is 4.08. The van der Waals surface area contributed by atoms with Crippen LogP contribution in [-0.4, -0.2) is 38.9 Å². The van der Waals surface area contributed by atoms with Crippen molar-refractivity contribution in [3.63, 3.8) is 0 Å². The van der Waals surface area contributed by atoms with Gasteiger partial charge < -0.3 is 18.9 Å². The molecule has 0 atom stereocenters. The molecule has 6 nitrogen and oxygen atoms in total. The van der Waals surface area contributed by atoms with Gasteiger partial charge in [0, 0.05) is 23.4 Å². The van der Waals surface area contributed by atoms with Gasteiger partial charge >= 0.3 is 5.97 Å². The number of pyridine rings is 1. The molecule has 0 aliphatic rings. The predicted octanol–water partition coefficient (Wildman–Crippen LogP) is 7.88. The molecule has 244 valence electrons. The minimum absolute atomic E-state index is 0. The third-order valence-electron chi connectivity index (χ3n) is 8.02. The van der Waals surface area contributed by atoms with E-state index >= 15 is 0 Å². The molecule has 0 fully saturated rings. The Labute approximate surface area is 288 Å². The Bertz CT molecular complexity index is 1950. The van der Waals surface area contributed by atoms with Crippen molar-refractivity contribution in [2.75, 3.05) is 27.9 Å². The number of fused-ring (bicyclic) bond motifs is 1. The van der Waals surface area contributed by atoms with Gasteiger partial charge in [0.25, 0.3) is 0 Å². The van der Waals surface area contributed by atoms with Crippen LogP contribution in [-0.2, 0) is 11.2 Å². The smallest absolute Gasteiger partial charge is 0.340 e. The van der Waals surface area contributed by atoms with Gasteiger partial charge in [-0.05, 0) is 60.1 Å². The van der Waals surface area contributed by atoms with Crippen molar-refractivity contribution in [2.24, 2.45) is 0 Å². The van der Waals surface area contributed by atoms with Crippen LogP contribution in [0.1, 0.15) is 28.5 Å². The van der Waals surface area contributed by atoms with Crippen molar-refractivity contribution >= 4 is 53.1 Å². The number of ether oxygens (including phenoxy) is 4. The zero-order valence-corrected chi connectivity index (χ0v) is 29.0. The van der Waals surface area contributed by atoms with E-state index in [9.17, 15) is 4.79 Å². The Kier molecular flexibility index (Phi) is 11.3. The summed E-state index contributed by atoms with van der Waals surface area (Å²) in [5, 5.41) is 4.58. The molecule has 6 aromatic rings. The minimum atomic E-state index is -0.739. The van der Waals surface area contributed by atoms with Crippen LogP contribution in [0.25, 0.3) is 22.0 Å². The van der Waals surface area contributed by atoms with Crippen LogP contribution < -0.4 is 30.1 Å². The molecule has 8 heteroatoms. The van der Waals surface area contributed by atoms with Crippen LogP contribution in [0.4, 0.5) is 0 Å². The molecule has 5 aromatic carbocycles. The number of rotatable bonds is 11. The quantitative estimate of drug-likeness (QED) is 0.103. The first-order chi connectivity index (χ1) is 23.0. The standard InChI is InChI=1S/C40H36NO5P.ClH/c1-5-46-40(42)39-35(24-27-16-22-32(23-17-27)47(30-12-8-6-9-13-30)31-14-10-7-11-15-31)41-34-26-37(45-4)36(44-3)25-33(34)38(39)28-18-20-29(43-2)21-19-28;/h6-23,25-26H,5,24H2,1-4H3;1H. The third kappa shape index (κ3) is 7.16. The lowest BCUT2D eigenvalue weighted by atomic mass is 9.91. The number of esters is 1. The van der Waals surface area contributed by atoms with E-state index in [0.29, 0.717) is 34.7 Å². The number of nitrogens with zero attached hydrogens (tertiary/aromatic N) is 1. The topological polar surface area (TPSA) is 66.9 Å². The van der Waals surface area contributed by atoms with E-state index in [0.717, 1.165) is 27.8 Å². The zero-order chi connectivity index (χ0) is 32.8. The van der Waals surface area contributed by atoms with Crippen molar-refractivity contribution in [1.82, 2.24) is 4.98 Å². The van der Waals surface area contributed by atoms with Gasteiger partial charge in [-0.15, -0.1) is 12.4 Å². The van der Waals surface area contributed by atoms with Gasteiger partial charge in [-0.25, -0.2) is 4.79 Å². The normalized spacial score (nSPS) is 10.8. The second-order valence-electron chi connectivity index (χ2n) is 10.8. The summed E-state index contributed by atoms with van der Waals surface area (Å²) >= 11 is 0. The molecule has 0 aliphatic heterocycles. The lowest BCUT2D eigenvalue weighted by Crippen LogP contribution is -2.20. The zero-order valence-electron chi connectivity index (χ0n) is 27.3. The molecule has 0 aliphatic carbocycles. The SMILES string of the molecule is CCOC(=O)c1c(Cc2ccc(P(c3ccccc3)c3ccccc3)cc2)nc2cc(OC)c(OC)cc2c1-c1ccc(OC)cc1.Cl. The number of benzene rings is 5. The monoisotopic (exact) mass is 677 g/mol. The van der Waals surface area contributed by atoms with Crippen molar-refractivity contribution in [3.05, 3.63) is 138 Å². The van der Waals surface area contributed by atoms with Gasteiger partial charge in [-0.3, -0.25) is 4.98 Å². The van der Waals surface area contributed by atoms with Gasteiger partial charge in [0.2, 0.25) is 0 Å². The Morgan fingerprint density at radius 3 is 1.79 bits per heavy atom. The van der Waals surface area contributed by atoms with Crippen LogP contribution in [0, 0.1) is 0 Å². The first kappa shape index (κ1) is 34.4. The summed E-state index contributed by atoms with van der Waals surface area (Å²) in [6, 6.07) is 41.3. The van der Waals surface area contributed by atoms with Gasteiger partial charge in [0.1, 0.15) is 5.75 Å². The first-order valence-corrected chi connectivity index (χ1v) is 16.8. The molecule has 0 spiro atoms. The Morgan fingerprint density at radius 2 is 1.25 bits per heavy atom. The first-order valence-electron chi connectivity index (χ1n) is 15.4. The summed E-state index contributed by atoms with van der Waals surface area (Å²) in [5.41, 5.74) is 4.32. The maximum Gasteiger partial charge on any atom is 0.340 e. The van der Waals surface area contributed by atoms with Gasteiger partial charge in [0.05, 0.1) is 44.7 Å². The van der Waals surface area contributed by atoms with Crippen molar-refractivity contribution in [3.8, 4) is 28.4 Å². The molecule has 48 heavy (non-hydrogen) atoms. The van der Waals surface area contributed by atoms with Crippen molar-refractivity contribution in [1.29, 1.82) is 0 Å². The summed E-state index contributed by atoms with van der Waals surface area (Å²) in [4.78, 5) is 18.9. The average molecular weight is 678 g/mol. The van der Waals surface area contributed by atoms with Crippen LogP contribution in [0.15, 0.2) is 121 Å². The summed E-state index contributed by atoms with van der Waals surface area (Å²) < 4.78 is 22.4. The fourth-order valence-corrected chi connectivity index (χ4v) is 8.09. The molecule has 1 heterocycles. The van der Waals surface area contributed by atoms with Crippen LogP contribution in [0.2, 0.25) is 0 Å². The van der Waals surface area contributed by atoms with E-state index in [1.54, 1.807) is 21.3 Å². The largest absolute Gasteiger partial charge is 0.497 e. The van der Waals surface area contributed by atoms with Gasteiger partial charge in [0.15, 0.2) is 11.5 Å². The highest BCUT2D eigenvalue weighted by atomic mass is 35.5. The van der Waals surface area contributed by atoms with Crippen LogP contribution in [0.3, 0.4) is 0 Å². The molecule has 0 bridgehead atoms. The third-order valence-corrected chi connectivity index (χ3v) is 10.5. The number of aromatic nitrogens is 1. The Morgan fingerprint density at radius 1 is 0.688 bits per heavy atom. The molecule has 0 saturated carbocycles. The summed E-state index contributed by atoms with van der Waals surface area (Å²) in [6.45, 7) is 2.05. The predicted molar refractivity (Wildman–Crippen MR) is 198 cm³/mol. The molecule has 0 saturated heterocycles.